The molecule has 1 fully saturated rings. The molecule has 0 aromatic carbocycles. The maximum absolute atomic E-state index is 4.42. The van der Waals surface area contributed by atoms with Gasteiger partial charge >= 0.3 is 0 Å². The molecule has 4 nitrogen and oxygen atoms in total. The third-order valence-electron chi connectivity index (χ3n) is 3.89. The number of nitrogens with zero attached hydrogens (tertiary/aromatic N) is 3. The molecule has 3 rings (SSSR count). The Bertz CT molecular complexity index is 574. The van der Waals surface area contributed by atoms with Crippen LogP contribution in [0, 0.1) is 6.92 Å². The topological polar surface area (TPSA) is 41.0 Å². The number of hydrogen-bond donors (Lipinski definition) is 1. The molecule has 108 valence electrons. The molecule has 0 spiro atoms. The molecular formula is C15H22N4S. The van der Waals surface area contributed by atoms with Crippen LogP contribution in [0.4, 0.5) is 5.82 Å². The van der Waals surface area contributed by atoms with Crippen molar-refractivity contribution < 1.29 is 0 Å². The van der Waals surface area contributed by atoms with Crippen molar-refractivity contribution in [3.8, 4) is 0 Å². The Hall–Kier alpha value is -1.20. The van der Waals surface area contributed by atoms with Gasteiger partial charge < -0.3 is 10.2 Å². The van der Waals surface area contributed by atoms with Gasteiger partial charge in [0, 0.05) is 12.6 Å². The Balaban J connectivity index is 1.69. The molecule has 3 heterocycles. The van der Waals surface area contributed by atoms with Crippen molar-refractivity contribution >= 4 is 27.4 Å². The summed E-state index contributed by atoms with van der Waals surface area (Å²) in [6, 6.07) is 0.411. The molecule has 2 aromatic heterocycles. The first-order valence-electron chi connectivity index (χ1n) is 7.42. The lowest BCUT2D eigenvalue weighted by atomic mass is 10.1. The number of aromatic nitrogens is 2. The number of nitrogens with one attached hydrogen (secondary N) is 1. The summed E-state index contributed by atoms with van der Waals surface area (Å²) in [6.45, 7) is 7.91. The predicted octanol–water partition coefficient (Wildman–Crippen LogP) is 3.29. The Morgan fingerprint density at radius 3 is 2.90 bits per heavy atom. The molecule has 1 aliphatic heterocycles. The average Bonchev–Trinajstić information content (AvgIpc) is 2.83. The molecule has 0 radical (unpaired) electrons. The largest absolute Gasteiger partial charge is 0.365 e. The van der Waals surface area contributed by atoms with Crippen LogP contribution in [0.2, 0.25) is 0 Å². The van der Waals surface area contributed by atoms with E-state index in [0.29, 0.717) is 6.04 Å². The standard InChI is InChI=1S/C15H22N4S/c1-11-9-20-14-13(11)16-10-17-15(14)18-12(2)8-19-6-4-3-5-7-19/h9-10,12H,3-8H2,1-2H3,(H,16,17,18). The van der Waals surface area contributed by atoms with E-state index in [1.165, 1.54) is 42.6 Å². The van der Waals surface area contributed by atoms with Crippen molar-refractivity contribution in [3.05, 3.63) is 17.3 Å². The normalized spacial score (nSPS) is 18.3. The number of thiophene rings is 1. The highest BCUT2D eigenvalue weighted by Gasteiger charge is 2.15. The van der Waals surface area contributed by atoms with Gasteiger partial charge in [0.25, 0.3) is 0 Å². The Kier molecular flexibility index (Phi) is 4.17. The molecule has 0 saturated carbocycles. The second-order valence-electron chi connectivity index (χ2n) is 5.73. The fourth-order valence-corrected chi connectivity index (χ4v) is 3.84. The first-order chi connectivity index (χ1) is 9.74. The van der Waals surface area contributed by atoms with Gasteiger partial charge in [0.2, 0.25) is 0 Å². The van der Waals surface area contributed by atoms with E-state index in [0.717, 1.165) is 17.9 Å². The summed E-state index contributed by atoms with van der Waals surface area (Å²) in [5.41, 5.74) is 2.32. The van der Waals surface area contributed by atoms with E-state index < -0.39 is 0 Å². The van der Waals surface area contributed by atoms with E-state index >= 15 is 0 Å². The van der Waals surface area contributed by atoms with Crippen molar-refractivity contribution in [3.63, 3.8) is 0 Å². The van der Waals surface area contributed by atoms with Crippen LogP contribution in [0.15, 0.2) is 11.7 Å². The first kappa shape index (κ1) is 13.8. The SMILES string of the molecule is Cc1csc2c(NC(C)CN3CCCCC3)ncnc12. The number of likely N-dealkylation sites (tertiary alicyclic amines) is 1. The lowest BCUT2D eigenvalue weighted by Gasteiger charge is -2.29. The van der Waals surface area contributed by atoms with Crippen LogP contribution in [0.1, 0.15) is 31.7 Å². The second kappa shape index (κ2) is 6.06. The van der Waals surface area contributed by atoms with Crippen LogP contribution in [0.3, 0.4) is 0 Å². The minimum Gasteiger partial charge on any atom is -0.365 e. The third kappa shape index (κ3) is 2.94. The fourth-order valence-electron chi connectivity index (χ4n) is 2.88. The van der Waals surface area contributed by atoms with Crippen LogP contribution >= 0.6 is 11.3 Å². The number of fused-ring (bicyclic) bond motifs is 1. The van der Waals surface area contributed by atoms with Crippen molar-refractivity contribution in [1.29, 1.82) is 0 Å². The molecule has 2 aromatic rings. The van der Waals surface area contributed by atoms with Crippen molar-refractivity contribution in [2.45, 2.75) is 39.2 Å². The summed E-state index contributed by atoms with van der Waals surface area (Å²) >= 11 is 1.73. The quantitative estimate of drug-likeness (QED) is 0.938. The van der Waals surface area contributed by atoms with Crippen LogP contribution < -0.4 is 5.32 Å². The third-order valence-corrected chi connectivity index (χ3v) is 4.99. The van der Waals surface area contributed by atoms with Gasteiger partial charge in [-0.2, -0.15) is 0 Å². The van der Waals surface area contributed by atoms with Gasteiger partial charge in [-0.15, -0.1) is 11.3 Å². The minimum absolute atomic E-state index is 0.411. The zero-order valence-electron chi connectivity index (χ0n) is 12.2. The number of anilines is 1. The van der Waals surface area contributed by atoms with Crippen LogP contribution in [-0.4, -0.2) is 40.5 Å². The molecule has 1 aliphatic rings. The van der Waals surface area contributed by atoms with E-state index in [1.54, 1.807) is 17.7 Å². The smallest absolute Gasteiger partial charge is 0.147 e. The summed E-state index contributed by atoms with van der Waals surface area (Å²) in [7, 11) is 0. The number of aryl methyl sites for hydroxylation is 1. The fraction of sp³-hybridized carbons (Fsp3) is 0.600. The maximum Gasteiger partial charge on any atom is 0.147 e. The molecule has 5 heteroatoms. The molecule has 1 unspecified atom stereocenters. The van der Waals surface area contributed by atoms with E-state index in [9.17, 15) is 0 Å². The Morgan fingerprint density at radius 2 is 2.10 bits per heavy atom. The second-order valence-corrected chi connectivity index (χ2v) is 6.61. The summed E-state index contributed by atoms with van der Waals surface area (Å²) in [4.78, 5) is 11.4. The van der Waals surface area contributed by atoms with E-state index in [2.05, 4.69) is 39.4 Å². The average molecular weight is 290 g/mol. The van der Waals surface area contributed by atoms with Gasteiger partial charge in [-0.05, 0) is 50.7 Å². The number of hydrogen-bond acceptors (Lipinski definition) is 5. The monoisotopic (exact) mass is 290 g/mol. The highest BCUT2D eigenvalue weighted by atomic mass is 32.1. The van der Waals surface area contributed by atoms with Crippen LogP contribution in [-0.2, 0) is 0 Å². The van der Waals surface area contributed by atoms with Gasteiger partial charge in [0.1, 0.15) is 12.1 Å². The van der Waals surface area contributed by atoms with E-state index in [4.69, 9.17) is 0 Å². The van der Waals surface area contributed by atoms with E-state index in [1.807, 2.05) is 0 Å². The maximum atomic E-state index is 4.42. The molecule has 0 bridgehead atoms. The molecule has 20 heavy (non-hydrogen) atoms. The van der Waals surface area contributed by atoms with Gasteiger partial charge in [-0.1, -0.05) is 6.42 Å². The summed E-state index contributed by atoms with van der Waals surface area (Å²) in [5, 5.41) is 5.72. The molecule has 1 atom stereocenters. The lowest BCUT2D eigenvalue weighted by Crippen LogP contribution is -2.38. The summed E-state index contributed by atoms with van der Waals surface area (Å²) in [6.07, 6.45) is 5.74. The molecule has 0 aliphatic carbocycles. The van der Waals surface area contributed by atoms with Crippen LogP contribution in [0.5, 0.6) is 0 Å². The Morgan fingerprint density at radius 1 is 1.30 bits per heavy atom. The zero-order chi connectivity index (χ0) is 13.9. The minimum atomic E-state index is 0.411. The molecule has 0 amide bonds. The Labute approximate surface area is 124 Å². The van der Waals surface area contributed by atoms with Crippen molar-refractivity contribution in [2.75, 3.05) is 25.0 Å². The van der Waals surface area contributed by atoms with Crippen molar-refractivity contribution in [2.24, 2.45) is 0 Å². The van der Waals surface area contributed by atoms with Gasteiger partial charge in [0.05, 0.1) is 10.2 Å². The molecule has 1 saturated heterocycles. The lowest BCUT2D eigenvalue weighted by molar-refractivity contribution is 0.223. The predicted molar refractivity (Wildman–Crippen MR) is 85.5 cm³/mol. The number of piperidine rings is 1. The molecular weight excluding hydrogens is 268 g/mol. The van der Waals surface area contributed by atoms with Crippen molar-refractivity contribution in [1.82, 2.24) is 14.9 Å². The summed E-state index contributed by atoms with van der Waals surface area (Å²) in [5.74, 6) is 0.984. The summed E-state index contributed by atoms with van der Waals surface area (Å²) < 4.78 is 1.18. The van der Waals surface area contributed by atoms with E-state index in [-0.39, 0.29) is 0 Å². The molecule has 1 N–H and O–H groups in total. The van der Waals surface area contributed by atoms with Gasteiger partial charge in [-0.3, -0.25) is 0 Å². The van der Waals surface area contributed by atoms with Gasteiger partial charge in [-0.25, -0.2) is 9.97 Å². The number of rotatable bonds is 4. The van der Waals surface area contributed by atoms with Gasteiger partial charge in [0.15, 0.2) is 0 Å². The first-order valence-corrected chi connectivity index (χ1v) is 8.29. The highest BCUT2D eigenvalue weighted by molar-refractivity contribution is 7.18. The zero-order valence-corrected chi connectivity index (χ0v) is 13.0. The van der Waals surface area contributed by atoms with Crippen LogP contribution in [0.25, 0.3) is 10.2 Å². The highest BCUT2D eigenvalue weighted by Crippen LogP contribution is 2.28.